The van der Waals surface area contributed by atoms with Crippen molar-refractivity contribution in [1.29, 1.82) is 0 Å². The highest BCUT2D eigenvalue weighted by Gasteiger charge is 2.59. The normalized spacial score (nSPS) is 29.6. The second kappa shape index (κ2) is 6.72. The Kier molecular flexibility index (Phi) is 4.08. The molecule has 2 saturated heterocycles. The van der Waals surface area contributed by atoms with Crippen molar-refractivity contribution in [2.75, 3.05) is 36.4 Å². The van der Waals surface area contributed by atoms with Crippen molar-refractivity contribution in [3.8, 4) is 0 Å². The molecule has 0 radical (unpaired) electrons. The molecule has 2 aliphatic carbocycles. The van der Waals surface area contributed by atoms with Gasteiger partial charge in [0.05, 0.1) is 0 Å². The second-order valence-electron chi connectivity index (χ2n) is 9.73. The van der Waals surface area contributed by atoms with Crippen LogP contribution in [-0.2, 0) is 4.79 Å². The summed E-state index contributed by atoms with van der Waals surface area (Å²) in [7, 11) is 0. The minimum absolute atomic E-state index is 0.132. The van der Waals surface area contributed by atoms with Gasteiger partial charge in [-0.25, -0.2) is 0 Å². The van der Waals surface area contributed by atoms with Crippen LogP contribution in [0.5, 0.6) is 0 Å². The van der Waals surface area contributed by atoms with E-state index in [2.05, 4.69) is 50.7 Å². The van der Waals surface area contributed by atoms with Crippen molar-refractivity contribution in [3.63, 3.8) is 0 Å². The number of hydrogen-bond acceptors (Lipinski definition) is 6. The lowest BCUT2D eigenvalue weighted by atomic mass is 9.93. The summed E-state index contributed by atoms with van der Waals surface area (Å²) in [5, 5.41) is 11.6. The summed E-state index contributed by atoms with van der Waals surface area (Å²) in [6.45, 7) is 5.72. The third-order valence-electron chi connectivity index (χ3n) is 7.84. The number of fused-ring (bicyclic) bond motifs is 1. The molecule has 3 heterocycles. The van der Waals surface area contributed by atoms with E-state index < -0.39 is 0 Å². The molecule has 2 aliphatic heterocycles. The summed E-state index contributed by atoms with van der Waals surface area (Å²) in [5.74, 6) is 2.37. The van der Waals surface area contributed by atoms with Gasteiger partial charge in [-0.2, -0.15) is 0 Å². The van der Waals surface area contributed by atoms with Crippen LogP contribution in [0.1, 0.15) is 44.4 Å². The lowest BCUT2D eigenvalue weighted by Crippen LogP contribution is -2.45. The molecule has 7 heteroatoms. The Morgan fingerprint density at radius 3 is 2.47 bits per heavy atom. The second-order valence-corrected chi connectivity index (χ2v) is 9.73. The minimum Gasteiger partial charge on any atom is -0.408 e. The number of anilines is 2. The van der Waals surface area contributed by atoms with Gasteiger partial charge < -0.3 is 19.5 Å². The van der Waals surface area contributed by atoms with Crippen molar-refractivity contribution in [1.82, 2.24) is 15.1 Å². The van der Waals surface area contributed by atoms with Gasteiger partial charge in [0.25, 0.3) is 0 Å². The van der Waals surface area contributed by atoms with E-state index in [0.717, 1.165) is 39.0 Å². The first kappa shape index (κ1) is 18.2. The fraction of sp³-hybridized carbons (Fsp3) is 0.609. The van der Waals surface area contributed by atoms with Crippen LogP contribution in [0.4, 0.5) is 11.7 Å². The molecule has 1 amide bonds. The molecule has 7 nitrogen and oxygen atoms in total. The third kappa shape index (κ3) is 3.15. The van der Waals surface area contributed by atoms with Crippen LogP contribution in [0.15, 0.2) is 34.7 Å². The standard InChI is InChI=1S/C23H29N5O2/c1-15(21(29)27-11-9-23(7-8-23)10-12-27)24-22-26-25-20(30-22)19-17-13-28(14-18(17)19)16-5-3-2-4-6-16/h2-6,15,17-19H,7-14H2,1H3,(H,24,26)/t15-,17-,18?,19?/m1/s1. The number of para-hydroxylation sites is 1. The Morgan fingerprint density at radius 1 is 1.10 bits per heavy atom. The molecule has 2 saturated carbocycles. The van der Waals surface area contributed by atoms with Gasteiger partial charge in [0.2, 0.25) is 11.8 Å². The lowest BCUT2D eigenvalue weighted by molar-refractivity contribution is -0.133. The first-order chi connectivity index (χ1) is 14.6. The molecule has 0 bridgehead atoms. The van der Waals surface area contributed by atoms with Crippen molar-refractivity contribution in [2.45, 2.75) is 44.6 Å². The topological polar surface area (TPSA) is 74.5 Å². The number of hydrogen-bond donors (Lipinski definition) is 1. The number of likely N-dealkylation sites (tertiary alicyclic amines) is 1. The van der Waals surface area contributed by atoms with Gasteiger partial charge in [0, 0.05) is 37.8 Å². The summed E-state index contributed by atoms with van der Waals surface area (Å²) < 4.78 is 5.91. The van der Waals surface area contributed by atoms with Crippen molar-refractivity contribution < 1.29 is 9.21 Å². The number of nitrogens with one attached hydrogen (secondary N) is 1. The van der Waals surface area contributed by atoms with Crippen molar-refractivity contribution in [3.05, 3.63) is 36.2 Å². The van der Waals surface area contributed by atoms with Gasteiger partial charge in [0.1, 0.15) is 6.04 Å². The Labute approximate surface area is 176 Å². The number of nitrogens with zero attached hydrogens (tertiary/aromatic N) is 4. The van der Waals surface area contributed by atoms with Gasteiger partial charge in [-0.05, 0) is 62.0 Å². The highest BCUT2D eigenvalue weighted by atomic mass is 16.4. The summed E-state index contributed by atoms with van der Waals surface area (Å²) in [6.07, 6.45) is 5.00. The first-order valence-corrected chi connectivity index (χ1v) is 11.3. The van der Waals surface area contributed by atoms with Gasteiger partial charge in [0.15, 0.2) is 0 Å². The molecular weight excluding hydrogens is 378 g/mol. The molecule has 2 unspecified atom stereocenters. The molecular formula is C23H29N5O2. The van der Waals surface area contributed by atoms with Crippen molar-refractivity contribution in [2.24, 2.45) is 17.3 Å². The highest BCUT2D eigenvalue weighted by Crippen LogP contribution is 2.58. The maximum atomic E-state index is 12.8. The zero-order valence-corrected chi connectivity index (χ0v) is 17.5. The molecule has 30 heavy (non-hydrogen) atoms. The molecule has 1 spiro atoms. The minimum atomic E-state index is -0.348. The van der Waals surface area contributed by atoms with Gasteiger partial charge in [-0.15, -0.1) is 5.10 Å². The van der Waals surface area contributed by atoms with Crippen LogP contribution in [0.3, 0.4) is 0 Å². The average Bonchev–Trinajstić information content (AvgIpc) is 3.55. The van der Waals surface area contributed by atoms with E-state index in [1.54, 1.807) is 0 Å². The largest absolute Gasteiger partial charge is 0.408 e. The summed E-state index contributed by atoms with van der Waals surface area (Å²) in [4.78, 5) is 17.2. The maximum absolute atomic E-state index is 12.8. The van der Waals surface area contributed by atoms with E-state index in [9.17, 15) is 4.79 Å². The maximum Gasteiger partial charge on any atom is 0.316 e. The number of carbonyl (C=O) groups is 1. The average molecular weight is 408 g/mol. The van der Waals surface area contributed by atoms with E-state index in [4.69, 9.17) is 4.42 Å². The van der Waals surface area contributed by atoms with Gasteiger partial charge in [-0.1, -0.05) is 23.3 Å². The molecule has 158 valence electrons. The predicted octanol–water partition coefficient (Wildman–Crippen LogP) is 3.12. The van der Waals surface area contributed by atoms with Crippen LogP contribution >= 0.6 is 0 Å². The Bertz CT molecular complexity index is 918. The number of piperidine rings is 2. The monoisotopic (exact) mass is 407 g/mol. The zero-order chi connectivity index (χ0) is 20.3. The Hall–Kier alpha value is -2.57. The van der Waals surface area contributed by atoms with Crippen LogP contribution in [0.25, 0.3) is 0 Å². The predicted molar refractivity (Wildman–Crippen MR) is 113 cm³/mol. The number of amides is 1. The molecule has 4 aliphatic rings. The van der Waals surface area contributed by atoms with E-state index in [-0.39, 0.29) is 11.9 Å². The van der Waals surface area contributed by atoms with Gasteiger partial charge in [-0.3, -0.25) is 4.79 Å². The number of aromatic nitrogens is 2. The van der Waals surface area contributed by atoms with E-state index in [0.29, 0.717) is 35.1 Å². The first-order valence-electron chi connectivity index (χ1n) is 11.3. The van der Waals surface area contributed by atoms with Gasteiger partial charge >= 0.3 is 6.01 Å². The van der Waals surface area contributed by atoms with Crippen LogP contribution < -0.4 is 10.2 Å². The fourth-order valence-corrected chi connectivity index (χ4v) is 5.57. The molecule has 1 aromatic heterocycles. The zero-order valence-electron chi connectivity index (χ0n) is 17.5. The van der Waals surface area contributed by atoms with E-state index >= 15 is 0 Å². The quantitative estimate of drug-likeness (QED) is 0.821. The molecule has 2 aromatic rings. The molecule has 6 rings (SSSR count). The fourth-order valence-electron chi connectivity index (χ4n) is 5.57. The van der Waals surface area contributed by atoms with Crippen LogP contribution in [0.2, 0.25) is 0 Å². The Morgan fingerprint density at radius 2 is 1.80 bits per heavy atom. The van der Waals surface area contributed by atoms with Crippen molar-refractivity contribution >= 4 is 17.6 Å². The van der Waals surface area contributed by atoms with Crippen LogP contribution in [-0.4, -0.2) is 53.2 Å². The summed E-state index contributed by atoms with van der Waals surface area (Å²) >= 11 is 0. The third-order valence-corrected chi connectivity index (χ3v) is 7.84. The summed E-state index contributed by atoms with van der Waals surface area (Å²) in [5.41, 5.74) is 1.86. The smallest absolute Gasteiger partial charge is 0.316 e. The number of carbonyl (C=O) groups excluding carboxylic acids is 1. The molecule has 4 fully saturated rings. The Balaban J connectivity index is 1.03. The van der Waals surface area contributed by atoms with E-state index in [1.165, 1.54) is 18.5 Å². The SMILES string of the molecule is C[C@@H](Nc1nnc(C2C3CN(c4ccccc4)C[C@H]32)o1)C(=O)N1CCC2(CC1)CC2. The summed E-state index contributed by atoms with van der Waals surface area (Å²) in [6, 6.07) is 10.6. The number of benzene rings is 1. The molecule has 1 aromatic carbocycles. The molecule has 4 atom stereocenters. The highest BCUT2D eigenvalue weighted by molar-refractivity contribution is 5.83. The number of rotatable bonds is 5. The molecule has 1 N–H and O–H groups in total. The van der Waals surface area contributed by atoms with E-state index in [1.807, 2.05) is 11.8 Å². The van der Waals surface area contributed by atoms with Crippen LogP contribution in [0, 0.1) is 17.3 Å². The lowest BCUT2D eigenvalue weighted by Gasteiger charge is -2.33.